The minimum atomic E-state index is 0.292. The summed E-state index contributed by atoms with van der Waals surface area (Å²) < 4.78 is 11.1. The van der Waals surface area contributed by atoms with E-state index in [1.165, 1.54) is 0 Å². The molecule has 1 saturated heterocycles. The number of nitrogens with zero attached hydrogens (tertiary/aromatic N) is 4. The first-order valence-corrected chi connectivity index (χ1v) is 8.55. The summed E-state index contributed by atoms with van der Waals surface area (Å²) >= 11 is 0. The number of nitrogens with one attached hydrogen (secondary N) is 1. The topological polar surface area (TPSA) is 76.2 Å². The van der Waals surface area contributed by atoms with Crippen molar-refractivity contribution in [3.8, 4) is 17.3 Å². The quantitative estimate of drug-likeness (QED) is 0.787. The van der Waals surface area contributed by atoms with Crippen molar-refractivity contribution >= 4 is 16.9 Å². The van der Waals surface area contributed by atoms with E-state index in [1.807, 2.05) is 31.3 Å². The molecule has 0 saturated carbocycles. The fourth-order valence-electron chi connectivity index (χ4n) is 3.13. The molecule has 0 aromatic carbocycles. The summed E-state index contributed by atoms with van der Waals surface area (Å²) in [7, 11) is 0. The van der Waals surface area contributed by atoms with E-state index < -0.39 is 0 Å². The van der Waals surface area contributed by atoms with Crippen LogP contribution in [-0.4, -0.2) is 52.3 Å². The third kappa shape index (κ3) is 3.02. The highest BCUT2D eigenvalue weighted by Crippen LogP contribution is 2.29. The van der Waals surface area contributed by atoms with Gasteiger partial charge in [0.05, 0.1) is 25.9 Å². The molecule has 0 spiro atoms. The Balaban J connectivity index is 1.78. The van der Waals surface area contributed by atoms with E-state index >= 15 is 0 Å². The molecule has 1 aliphatic rings. The van der Waals surface area contributed by atoms with Crippen LogP contribution in [0.25, 0.3) is 22.4 Å². The molecule has 1 unspecified atom stereocenters. The molecule has 0 aliphatic carbocycles. The third-order valence-corrected chi connectivity index (χ3v) is 4.34. The lowest BCUT2D eigenvalue weighted by atomic mass is 10.1. The fraction of sp³-hybridized carbons (Fsp3) is 0.389. The second-order valence-electron chi connectivity index (χ2n) is 6.04. The summed E-state index contributed by atoms with van der Waals surface area (Å²) in [5.41, 5.74) is 1.69. The van der Waals surface area contributed by atoms with Gasteiger partial charge in [-0.1, -0.05) is 0 Å². The number of rotatable bonds is 4. The highest BCUT2D eigenvalue weighted by molar-refractivity contribution is 5.91. The summed E-state index contributed by atoms with van der Waals surface area (Å²) in [5, 5.41) is 0.982. The molecule has 3 aromatic heterocycles. The third-order valence-electron chi connectivity index (χ3n) is 4.34. The average Bonchev–Trinajstić information content (AvgIpc) is 3.10. The predicted molar refractivity (Wildman–Crippen MR) is 95.9 cm³/mol. The zero-order valence-corrected chi connectivity index (χ0v) is 14.4. The van der Waals surface area contributed by atoms with Crippen LogP contribution in [0, 0.1) is 0 Å². The Kier molecular flexibility index (Phi) is 4.23. The monoisotopic (exact) mass is 339 g/mol. The van der Waals surface area contributed by atoms with E-state index in [0.29, 0.717) is 31.0 Å². The Labute approximate surface area is 146 Å². The zero-order chi connectivity index (χ0) is 17.2. The van der Waals surface area contributed by atoms with E-state index in [-0.39, 0.29) is 0 Å². The number of hydrogen-bond acceptors (Lipinski definition) is 6. The minimum Gasteiger partial charge on any atom is -0.478 e. The summed E-state index contributed by atoms with van der Waals surface area (Å²) in [6, 6.07) is 6.13. The lowest BCUT2D eigenvalue weighted by Crippen LogP contribution is -2.44. The molecule has 1 N–H and O–H groups in total. The number of pyridine rings is 1. The summed E-state index contributed by atoms with van der Waals surface area (Å²) in [6.07, 6.45) is 3.67. The number of morpholine rings is 1. The van der Waals surface area contributed by atoms with Crippen molar-refractivity contribution < 1.29 is 9.47 Å². The summed E-state index contributed by atoms with van der Waals surface area (Å²) in [6.45, 7) is 6.91. The van der Waals surface area contributed by atoms with Crippen LogP contribution in [0.1, 0.15) is 13.8 Å². The van der Waals surface area contributed by atoms with Gasteiger partial charge in [0.2, 0.25) is 5.88 Å². The zero-order valence-electron chi connectivity index (χ0n) is 14.4. The molecular weight excluding hydrogens is 318 g/mol. The minimum absolute atomic E-state index is 0.292. The Morgan fingerprint density at radius 2 is 2.28 bits per heavy atom. The maximum absolute atomic E-state index is 5.60. The van der Waals surface area contributed by atoms with Gasteiger partial charge < -0.3 is 19.4 Å². The van der Waals surface area contributed by atoms with Crippen molar-refractivity contribution in [3.63, 3.8) is 0 Å². The molecular formula is C18H21N5O2. The summed E-state index contributed by atoms with van der Waals surface area (Å²) in [4.78, 5) is 19.2. The maximum Gasteiger partial charge on any atom is 0.215 e. The molecule has 0 amide bonds. The second kappa shape index (κ2) is 6.68. The van der Waals surface area contributed by atoms with Gasteiger partial charge >= 0.3 is 0 Å². The van der Waals surface area contributed by atoms with Gasteiger partial charge in [-0.2, -0.15) is 4.98 Å². The van der Waals surface area contributed by atoms with Crippen LogP contribution in [0.15, 0.2) is 30.6 Å². The van der Waals surface area contributed by atoms with Gasteiger partial charge in [-0.05, 0) is 26.0 Å². The second-order valence-corrected chi connectivity index (χ2v) is 6.04. The van der Waals surface area contributed by atoms with Crippen LogP contribution in [0.2, 0.25) is 0 Å². The van der Waals surface area contributed by atoms with Crippen LogP contribution in [-0.2, 0) is 4.74 Å². The fourth-order valence-corrected chi connectivity index (χ4v) is 3.13. The standard InChI is InChI=1S/C18H21N5O2/c1-3-25-16-10-14(13-4-6-19-17(13)22-16)18-20-7-5-15(21-18)23-8-9-24-11-12(23)2/h4-7,10,12H,3,8-9,11H2,1-2H3,(H,19,22). The molecule has 1 atom stereocenters. The summed E-state index contributed by atoms with van der Waals surface area (Å²) in [5.74, 6) is 2.16. The molecule has 0 bridgehead atoms. The molecule has 7 heteroatoms. The molecule has 3 aromatic rings. The highest BCUT2D eigenvalue weighted by atomic mass is 16.5. The molecule has 0 radical (unpaired) electrons. The number of aromatic nitrogens is 4. The average molecular weight is 339 g/mol. The van der Waals surface area contributed by atoms with E-state index in [0.717, 1.165) is 35.6 Å². The SMILES string of the molecule is CCOc1cc(-c2nccc(N3CCOCC3C)n2)c2cc[nH]c2n1. The van der Waals surface area contributed by atoms with Crippen LogP contribution in [0.4, 0.5) is 5.82 Å². The molecule has 1 aliphatic heterocycles. The van der Waals surface area contributed by atoms with Crippen molar-refractivity contribution in [2.24, 2.45) is 0 Å². The van der Waals surface area contributed by atoms with Crippen LogP contribution in [0.5, 0.6) is 5.88 Å². The molecule has 25 heavy (non-hydrogen) atoms. The largest absolute Gasteiger partial charge is 0.478 e. The van der Waals surface area contributed by atoms with Crippen LogP contribution < -0.4 is 9.64 Å². The Bertz CT molecular complexity index is 879. The first-order valence-electron chi connectivity index (χ1n) is 8.55. The number of ether oxygens (including phenoxy) is 2. The lowest BCUT2D eigenvalue weighted by Gasteiger charge is -2.34. The molecule has 130 valence electrons. The number of fused-ring (bicyclic) bond motifs is 1. The molecule has 4 rings (SSSR count). The van der Waals surface area contributed by atoms with E-state index in [4.69, 9.17) is 14.5 Å². The number of aromatic amines is 1. The number of hydrogen-bond donors (Lipinski definition) is 1. The van der Waals surface area contributed by atoms with Crippen molar-refractivity contribution in [1.82, 2.24) is 19.9 Å². The maximum atomic E-state index is 5.60. The van der Waals surface area contributed by atoms with E-state index in [1.54, 1.807) is 6.20 Å². The predicted octanol–water partition coefficient (Wildman–Crippen LogP) is 2.64. The first kappa shape index (κ1) is 15.8. The Morgan fingerprint density at radius 1 is 1.36 bits per heavy atom. The van der Waals surface area contributed by atoms with Gasteiger partial charge in [0.25, 0.3) is 0 Å². The normalized spacial score (nSPS) is 17.8. The van der Waals surface area contributed by atoms with Crippen molar-refractivity contribution in [2.75, 3.05) is 31.3 Å². The lowest BCUT2D eigenvalue weighted by molar-refractivity contribution is 0.0985. The molecule has 1 fully saturated rings. The smallest absolute Gasteiger partial charge is 0.215 e. The highest BCUT2D eigenvalue weighted by Gasteiger charge is 2.21. The van der Waals surface area contributed by atoms with Crippen molar-refractivity contribution in [1.29, 1.82) is 0 Å². The molecule has 4 heterocycles. The van der Waals surface area contributed by atoms with Crippen LogP contribution in [0.3, 0.4) is 0 Å². The van der Waals surface area contributed by atoms with Crippen LogP contribution >= 0.6 is 0 Å². The van der Waals surface area contributed by atoms with Gasteiger partial charge in [-0.25, -0.2) is 9.97 Å². The Morgan fingerprint density at radius 3 is 3.12 bits per heavy atom. The van der Waals surface area contributed by atoms with Gasteiger partial charge in [-0.15, -0.1) is 0 Å². The first-order chi connectivity index (χ1) is 12.3. The van der Waals surface area contributed by atoms with Gasteiger partial charge in [0, 0.05) is 36.0 Å². The van der Waals surface area contributed by atoms with Gasteiger partial charge in [0.15, 0.2) is 5.82 Å². The van der Waals surface area contributed by atoms with Crippen molar-refractivity contribution in [3.05, 3.63) is 30.6 Å². The van der Waals surface area contributed by atoms with Crippen molar-refractivity contribution in [2.45, 2.75) is 19.9 Å². The van der Waals surface area contributed by atoms with Gasteiger partial charge in [-0.3, -0.25) is 0 Å². The number of H-pyrrole nitrogens is 1. The van der Waals surface area contributed by atoms with E-state index in [2.05, 4.69) is 26.8 Å². The molecule has 7 nitrogen and oxygen atoms in total. The van der Waals surface area contributed by atoms with Gasteiger partial charge in [0.1, 0.15) is 11.5 Å². The number of anilines is 1. The Hall–Kier alpha value is -2.67. The van der Waals surface area contributed by atoms with E-state index in [9.17, 15) is 0 Å².